The maximum absolute atomic E-state index is 13.9. The number of nitrogen functional groups attached to an aromatic ring is 1. The number of aryl methyl sites for hydroxylation is 1. The van der Waals surface area contributed by atoms with E-state index < -0.39 is 5.82 Å². The maximum Gasteiger partial charge on any atom is 0.199 e. The third kappa shape index (κ3) is 2.22. The molecule has 0 unspecified atom stereocenters. The molecule has 3 rings (SSSR count). The van der Waals surface area contributed by atoms with Gasteiger partial charge in [-0.1, -0.05) is 5.21 Å². The molecule has 2 N–H and O–H groups in total. The number of nitrogens with two attached hydrogens (primary N) is 1. The van der Waals surface area contributed by atoms with Crippen molar-refractivity contribution in [3.63, 3.8) is 0 Å². The van der Waals surface area contributed by atoms with Crippen LogP contribution in [0.5, 0.6) is 17.2 Å². The van der Waals surface area contributed by atoms with Crippen LogP contribution in [0.1, 0.15) is 0 Å². The number of hydrogen-bond donors (Lipinski definition) is 1. The van der Waals surface area contributed by atoms with Gasteiger partial charge in [0.05, 0.1) is 18.3 Å². The van der Waals surface area contributed by atoms with Crippen molar-refractivity contribution in [2.75, 3.05) is 12.8 Å². The summed E-state index contributed by atoms with van der Waals surface area (Å²) >= 11 is 0. The number of benzene rings is 2. The normalized spacial score (nSPS) is 10.8. The Labute approximate surface area is 119 Å². The first kappa shape index (κ1) is 13.2. The van der Waals surface area contributed by atoms with Gasteiger partial charge < -0.3 is 15.2 Å². The van der Waals surface area contributed by atoms with Crippen molar-refractivity contribution in [2.24, 2.45) is 7.05 Å². The fraction of sp³-hybridized carbons (Fsp3) is 0.143. The Morgan fingerprint density at radius 1 is 1.24 bits per heavy atom. The smallest absolute Gasteiger partial charge is 0.199 e. The summed E-state index contributed by atoms with van der Waals surface area (Å²) in [6, 6.07) is 8.27. The Morgan fingerprint density at radius 2 is 2.05 bits per heavy atom. The molecule has 0 fully saturated rings. The van der Waals surface area contributed by atoms with Gasteiger partial charge >= 0.3 is 0 Å². The van der Waals surface area contributed by atoms with Crippen LogP contribution in [0.15, 0.2) is 30.3 Å². The first-order chi connectivity index (χ1) is 10.1. The molecule has 0 aliphatic heterocycles. The summed E-state index contributed by atoms with van der Waals surface area (Å²) in [6.45, 7) is 0. The third-order valence-corrected chi connectivity index (χ3v) is 3.10. The topological polar surface area (TPSA) is 75.2 Å². The molecule has 0 atom stereocenters. The number of anilines is 1. The molecule has 0 amide bonds. The zero-order valence-corrected chi connectivity index (χ0v) is 11.5. The van der Waals surface area contributed by atoms with E-state index in [0.717, 1.165) is 5.52 Å². The average molecular weight is 288 g/mol. The standard InChI is InChI=1S/C14H13FN4O2/c1-19-11-5-3-8(7-10(11)17-18-19)21-12-6-4-9(16)13(15)14(12)20-2/h3-7H,16H2,1-2H3. The second kappa shape index (κ2) is 4.93. The van der Waals surface area contributed by atoms with E-state index in [9.17, 15) is 4.39 Å². The lowest BCUT2D eigenvalue weighted by atomic mass is 10.2. The first-order valence-corrected chi connectivity index (χ1v) is 6.19. The van der Waals surface area contributed by atoms with Crippen LogP contribution >= 0.6 is 0 Å². The Kier molecular flexibility index (Phi) is 3.09. The van der Waals surface area contributed by atoms with E-state index in [0.29, 0.717) is 11.3 Å². The predicted octanol–water partition coefficient (Wildman–Crippen LogP) is 2.49. The monoisotopic (exact) mass is 288 g/mol. The zero-order valence-electron chi connectivity index (χ0n) is 11.5. The Bertz CT molecular complexity index is 816. The number of hydrogen-bond acceptors (Lipinski definition) is 5. The fourth-order valence-electron chi connectivity index (χ4n) is 2.04. The SMILES string of the molecule is COc1c(Oc2ccc3c(c2)nnn3C)ccc(N)c1F. The lowest BCUT2D eigenvalue weighted by Gasteiger charge is -2.12. The highest BCUT2D eigenvalue weighted by Gasteiger charge is 2.15. The van der Waals surface area contributed by atoms with Crippen LogP contribution in [-0.4, -0.2) is 22.1 Å². The van der Waals surface area contributed by atoms with Crippen molar-refractivity contribution < 1.29 is 13.9 Å². The van der Waals surface area contributed by atoms with Crippen LogP contribution in [0.25, 0.3) is 11.0 Å². The Balaban J connectivity index is 2.00. The van der Waals surface area contributed by atoms with Crippen LogP contribution in [0.4, 0.5) is 10.1 Å². The lowest BCUT2D eigenvalue weighted by molar-refractivity contribution is 0.357. The van der Waals surface area contributed by atoms with Gasteiger partial charge in [0.2, 0.25) is 0 Å². The van der Waals surface area contributed by atoms with E-state index in [-0.39, 0.29) is 17.2 Å². The number of fused-ring (bicyclic) bond motifs is 1. The Morgan fingerprint density at radius 3 is 2.81 bits per heavy atom. The number of halogens is 1. The maximum atomic E-state index is 13.9. The summed E-state index contributed by atoms with van der Waals surface area (Å²) < 4.78 is 26.2. The van der Waals surface area contributed by atoms with Gasteiger partial charge in [-0.3, -0.25) is 0 Å². The highest BCUT2D eigenvalue weighted by molar-refractivity contribution is 5.76. The van der Waals surface area contributed by atoms with E-state index in [1.807, 2.05) is 6.07 Å². The van der Waals surface area contributed by atoms with Crippen molar-refractivity contribution in [1.82, 2.24) is 15.0 Å². The Hall–Kier alpha value is -2.83. The largest absolute Gasteiger partial charge is 0.490 e. The van der Waals surface area contributed by atoms with Crippen LogP contribution in [0, 0.1) is 5.82 Å². The lowest BCUT2D eigenvalue weighted by Crippen LogP contribution is -1.98. The third-order valence-electron chi connectivity index (χ3n) is 3.10. The van der Waals surface area contributed by atoms with Gasteiger partial charge in [-0.15, -0.1) is 5.10 Å². The molecule has 1 aromatic heterocycles. The van der Waals surface area contributed by atoms with E-state index in [2.05, 4.69) is 10.3 Å². The van der Waals surface area contributed by atoms with E-state index >= 15 is 0 Å². The molecule has 0 radical (unpaired) electrons. The minimum Gasteiger partial charge on any atom is -0.490 e. The molecule has 0 aliphatic rings. The van der Waals surface area contributed by atoms with Gasteiger partial charge in [-0.25, -0.2) is 9.07 Å². The fourth-order valence-corrected chi connectivity index (χ4v) is 2.04. The van der Waals surface area contributed by atoms with Crippen molar-refractivity contribution in [2.45, 2.75) is 0 Å². The quantitative estimate of drug-likeness (QED) is 0.749. The summed E-state index contributed by atoms with van der Waals surface area (Å²) in [5.41, 5.74) is 7.07. The molecule has 108 valence electrons. The van der Waals surface area contributed by atoms with Gasteiger partial charge in [0.1, 0.15) is 11.3 Å². The number of rotatable bonds is 3. The van der Waals surface area contributed by atoms with Crippen LogP contribution in [0.2, 0.25) is 0 Å². The minimum atomic E-state index is -0.643. The molecule has 0 saturated heterocycles. The van der Waals surface area contributed by atoms with Crippen LogP contribution in [-0.2, 0) is 7.05 Å². The van der Waals surface area contributed by atoms with Crippen molar-refractivity contribution >= 4 is 16.7 Å². The van der Waals surface area contributed by atoms with E-state index in [1.54, 1.807) is 29.9 Å². The summed E-state index contributed by atoms with van der Waals surface area (Å²) in [7, 11) is 3.16. The summed E-state index contributed by atoms with van der Waals surface area (Å²) in [6.07, 6.45) is 0. The summed E-state index contributed by atoms with van der Waals surface area (Å²) in [4.78, 5) is 0. The van der Waals surface area contributed by atoms with Crippen molar-refractivity contribution in [3.8, 4) is 17.2 Å². The highest BCUT2D eigenvalue weighted by Crippen LogP contribution is 2.36. The average Bonchev–Trinajstić information content (AvgIpc) is 2.84. The second-order valence-corrected chi connectivity index (χ2v) is 4.47. The molecule has 0 aliphatic carbocycles. The number of nitrogens with zero attached hydrogens (tertiary/aromatic N) is 3. The second-order valence-electron chi connectivity index (χ2n) is 4.47. The molecule has 0 spiro atoms. The number of methoxy groups -OCH3 is 1. The van der Waals surface area contributed by atoms with Gasteiger partial charge in [0, 0.05) is 13.1 Å². The molecular formula is C14H13FN4O2. The van der Waals surface area contributed by atoms with Crippen molar-refractivity contribution in [3.05, 3.63) is 36.1 Å². The van der Waals surface area contributed by atoms with Gasteiger partial charge in [0.25, 0.3) is 0 Å². The van der Waals surface area contributed by atoms with Gasteiger partial charge in [-0.2, -0.15) is 0 Å². The van der Waals surface area contributed by atoms with Gasteiger partial charge in [0.15, 0.2) is 17.3 Å². The molecule has 6 nitrogen and oxygen atoms in total. The molecule has 0 saturated carbocycles. The van der Waals surface area contributed by atoms with Crippen LogP contribution < -0.4 is 15.2 Å². The number of aromatic nitrogens is 3. The van der Waals surface area contributed by atoms with Crippen LogP contribution in [0.3, 0.4) is 0 Å². The van der Waals surface area contributed by atoms with Gasteiger partial charge in [-0.05, 0) is 24.3 Å². The molecule has 21 heavy (non-hydrogen) atoms. The molecule has 3 aromatic rings. The molecule has 7 heteroatoms. The first-order valence-electron chi connectivity index (χ1n) is 6.19. The molecule has 2 aromatic carbocycles. The minimum absolute atomic E-state index is 0.00331. The van der Waals surface area contributed by atoms with Crippen molar-refractivity contribution in [1.29, 1.82) is 0 Å². The molecule has 1 heterocycles. The highest BCUT2D eigenvalue weighted by atomic mass is 19.1. The predicted molar refractivity (Wildman–Crippen MR) is 75.9 cm³/mol. The number of ether oxygens (including phenoxy) is 2. The van der Waals surface area contributed by atoms with E-state index in [1.165, 1.54) is 13.2 Å². The van der Waals surface area contributed by atoms with E-state index in [4.69, 9.17) is 15.2 Å². The summed E-state index contributed by atoms with van der Waals surface area (Å²) in [5, 5.41) is 7.92. The molecule has 0 bridgehead atoms. The molecular weight excluding hydrogens is 275 g/mol. The zero-order chi connectivity index (χ0) is 15.0. The summed E-state index contributed by atoms with van der Waals surface area (Å²) in [5.74, 6) is 0.0720.